The molecular formula is C19H31N3O2. The third-order valence-corrected chi connectivity index (χ3v) is 7.00. The summed E-state index contributed by atoms with van der Waals surface area (Å²) in [6.07, 6.45) is 8.09. The highest BCUT2D eigenvalue weighted by molar-refractivity contribution is 5.84. The van der Waals surface area contributed by atoms with Crippen LogP contribution >= 0.6 is 0 Å². The van der Waals surface area contributed by atoms with Gasteiger partial charge in [-0.25, -0.2) is 0 Å². The lowest BCUT2D eigenvalue weighted by molar-refractivity contribution is -0.160. The van der Waals surface area contributed by atoms with Gasteiger partial charge in [0.15, 0.2) is 0 Å². The Morgan fingerprint density at radius 2 is 1.42 bits per heavy atom. The molecule has 2 amide bonds. The molecule has 1 aliphatic heterocycles. The van der Waals surface area contributed by atoms with Crippen LogP contribution in [0.4, 0.5) is 0 Å². The van der Waals surface area contributed by atoms with Gasteiger partial charge in [0, 0.05) is 39.1 Å². The summed E-state index contributed by atoms with van der Waals surface area (Å²) >= 11 is 0. The van der Waals surface area contributed by atoms with E-state index in [1.807, 2.05) is 11.9 Å². The van der Waals surface area contributed by atoms with E-state index in [4.69, 9.17) is 0 Å². The number of hydrogen-bond acceptors (Lipinski definition) is 3. The van der Waals surface area contributed by atoms with Crippen molar-refractivity contribution in [2.24, 2.45) is 23.2 Å². The van der Waals surface area contributed by atoms with Crippen molar-refractivity contribution in [3.05, 3.63) is 0 Å². The zero-order valence-corrected chi connectivity index (χ0v) is 14.9. The summed E-state index contributed by atoms with van der Waals surface area (Å²) in [5, 5.41) is 3.03. The van der Waals surface area contributed by atoms with Crippen LogP contribution in [0.25, 0.3) is 0 Å². The predicted molar refractivity (Wildman–Crippen MR) is 92.3 cm³/mol. The number of amides is 2. The third-order valence-electron chi connectivity index (χ3n) is 7.00. The highest BCUT2D eigenvalue weighted by atomic mass is 16.2. The van der Waals surface area contributed by atoms with E-state index in [1.54, 1.807) is 0 Å². The van der Waals surface area contributed by atoms with Crippen LogP contribution in [0.3, 0.4) is 0 Å². The average molecular weight is 333 g/mol. The van der Waals surface area contributed by atoms with Gasteiger partial charge in [-0.15, -0.1) is 0 Å². The maximum Gasteiger partial charge on any atom is 0.228 e. The number of nitrogens with zero attached hydrogens (tertiary/aromatic N) is 2. The van der Waals surface area contributed by atoms with Crippen LogP contribution < -0.4 is 5.32 Å². The van der Waals surface area contributed by atoms with Crippen LogP contribution in [0.1, 0.15) is 44.9 Å². The largest absolute Gasteiger partial charge is 0.339 e. The standard InChI is InChI=1S/C19H31N3O2/c1-20-3-2-17(23)21-4-6-22(7-5-21)18(24)19-11-14-8-15(12-19)10-16(9-14)13-19/h14-16,20H,2-13H2,1H3. The van der Waals surface area contributed by atoms with Crippen molar-refractivity contribution in [3.63, 3.8) is 0 Å². The van der Waals surface area contributed by atoms with Gasteiger partial charge in [0.2, 0.25) is 11.8 Å². The Balaban J connectivity index is 1.36. The van der Waals surface area contributed by atoms with Crippen LogP contribution in [0.2, 0.25) is 0 Å². The van der Waals surface area contributed by atoms with E-state index in [-0.39, 0.29) is 11.3 Å². The number of rotatable bonds is 4. The molecule has 0 aromatic rings. The molecule has 4 aliphatic carbocycles. The summed E-state index contributed by atoms with van der Waals surface area (Å²) < 4.78 is 0. The number of nitrogens with one attached hydrogen (secondary N) is 1. The number of carbonyl (C=O) groups is 2. The van der Waals surface area contributed by atoms with Gasteiger partial charge in [0.05, 0.1) is 5.41 Å². The van der Waals surface area contributed by atoms with Crippen LogP contribution in [0.5, 0.6) is 0 Å². The Labute approximate surface area is 145 Å². The Morgan fingerprint density at radius 3 is 1.92 bits per heavy atom. The van der Waals surface area contributed by atoms with Crippen LogP contribution in [0, 0.1) is 23.2 Å². The van der Waals surface area contributed by atoms with Gasteiger partial charge in [-0.05, 0) is 63.3 Å². The van der Waals surface area contributed by atoms with E-state index in [2.05, 4.69) is 10.2 Å². The highest BCUT2D eigenvalue weighted by Gasteiger charge is 2.55. The maximum absolute atomic E-state index is 13.3. The molecule has 0 radical (unpaired) electrons. The fraction of sp³-hybridized carbons (Fsp3) is 0.895. The highest BCUT2D eigenvalue weighted by Crippen LogP contribution is 2.60. The molecule has 5 fully saturated rings. The Kier molecular flexibility index (Phi) is 4.31. The Hall–Kier alpha value is -1.10. The first-order chi connectivity index (χ1) is 11.6. The normalized spacial score (nSPS) is 37.8. The van der Waals surface area contributed by atoms with E-state index < -0.39 is 0 Å². The number of piperazine rings is 1. The van der Waals surface area contributed by atoms with Crippen LogP contribution in [0.15, 0.2) is 0 Å². The van der Waals surface area contributed by atoms with Crippen molar-refractivity contribution in [1.82, 2.24) is 15.1 Å². The molecule has 24 heavy (non-hydrogen) atoms. The summed E-state index contributed by atoms with van der Waals surface area (Å²) in [7, 11) is 1.87. The quantitative estimate of drug-likeness (QED) is 0.848. The first-order valence-corrected chi connectivity index (χ1v) is 9.81. The topological polar surface area (TPSA) is 52.7 Å². The van der Waals surface area contributed by atoms with Crippen molar-refractivity contribution in [1.29, 1.82) is 0 Å². The lowest BCUT2D eigenvalue weighted by atomic mass is 9.49. The summed E-state index contributed by atoms with van der Waals surface area (Å²) in [4.78, 5) is 29.5. The van der Waals surface area contributed by atoms with Gasteiger partial charge in [0.25, 0.3) is 0 Å². The van der Waals surface area contributed by atoms with Crippen LogP contribution in [-0.4, -0.2) is 61.4 Å². The lowest BCUT2D eigenvalue weighted by Crippen LogP contribution is -2.58. The van der Waals surface area contributed by atoms with Gasteiger partial charge in [-0.3, -0.25) is 9.59 Å². The smallest absolute Gasteiger partial charge is 0.228 e. The minimum absolute atomic E-state index is 0.0347. The molecule has 0 spiro atoms. The fourth-order valence-electron chi connectivity index (χ4n) is 6.26. The molecule has 0 unspecified atom stereocenters. The summed E-state index contributed by atoms with van der Waals surface area (Å²) in [6.45, 7) is 3.60. The molecule has 1 N–H and O–H groups in total. The van der Waals surface area contributed by atoms with E-state index in [0.717, 1.165) is 56.7 Å². The van der Waals surface area contributed by atoms with Gasteiger partial charge in [-0.2, -0.15) is 0 Å². The second kappa shape index (κ2) is 6.32. The van der Waals surface area contributed by atoms with Gasteiger partial charge >= 0.3 is 0 Å². The third kappa shape index (κ3) is 2.85. The summed E-state index contributed by atoms with van der Waals surface area (Å²) in [5.41, 5.74) is -0.0347. The Morgan fingerprint density at radius 1 is 0.917 bits per heavy atom. The minimum Gasteiger partial charge on any atom is -0.339 e. The molecule has 4 bridgehead atoms. The van der Waals surface area contributed by atoms with Gasteiger partial charge in [0.1, 0.15) is 0 Å². The molecule has 0 atom stereocenters. The fourth-order valence-corrected chi connectivity index (χ4v) is 6.26. The monoisotopic (exact) mass is 333 g/mol. The number of hydrogen-bond donors (Lipinski definition) is 1. The molecule has 0 aromatic heterocycles. The van der Waals surface area contributed by atoms with Gasteiger partial charge in [-0.1, -0.05) is 0 Å². The molecule has 5 rings (SSSR count). The predicted octanol–water partition coefficient (Wildman–Crippen LogP) is 1.48. The summed E-state index contributed by atoms with van der Waals surface area (Å²) in [6, 6.07) is 0. The molecule has 5 aliphatic rings. The molecule has 5 nitrogen and oxygen atoms in total. The first-order valence-electron chi connectivity index (χ1n) is 9.81. The van der Waals surface area contributed by atoms with Crippen molar-refractivity contribution in [2.75, 3.05) is 39.8 Å². The zero-order valence-electron chi connectivity index (χ0n) is 14.9. The lowest BCUT2D eigenvalue weighted by Gasteiger charge is -2.57. The maximum atomic E-state index is 13.3. The van der Waals surface area contributed by atoms with Crippen molar-refractivity contribution >= 4 is 11.8 Å². The zero-order chi connectivity index (χ0) is 16.7. The molecule has 1 heterocycles. The summed E-state index contributed by atoms with van der Waals surface area (Å²) in [5.74, 6) is 3.06. The van der Waals surface area contributed by atoms with Crippen molar-refractivity contribution in [2.45, 2.75) is 44.9 Å². The Bertz CT molecular complexity index is 475. The van der Waals surface area contributed by atoms with Gasteiger partial charge < -0.3 is 15.1 Å². The SMILES string of the molecule is CNCCC(=O)N1CCN(C(=O)C23CC4CC(CC(C4)C2)C3)CC1. The molecular weight excluding hydrogens is 302 g/mol. The number of carbonyl (C=O) groups excluding carboxylic acids is 2. The average Bonchev–Trinajstić information content (AvgIpc) is 2.58. The van der Waals surface area contributed by atoms with Crippen molar-refractivity contribution in [3.8, 4) is 0 Å². The second-order valence-electron chi connectivity index (χ2n) is 8.72. The van der Waals surface area contributed by atoms with E-state index >= 15 is 0 Å². The molecule has 5 heteroatoms. The van der Waals surface area contributed by atoms with E-state index in [9.17, 15) is 9.59 Å². The molecule has 0 aromatic carbocycles. The molecule has 4 saturated carbocycles. The second-order valence-corrected chi connectivity index (χ2v) is 8.72. The van der Waals surface area contributed by atoms with E-state index in [1.165, 1.54) is 19.3 Å². The molecule has 134 valence electrons. The van der Waals surface area contributed by atoms with E-state index in [0.29, 0.717) is 25.4 Å². The van der Waals surface area contributed by atoms with Crippen molar-refractivity contribution < 1.29 is 9.59 Å². The van der Waals surface area contributed by atoms with Crippen LogP contribution in [-0.2, 0) is 9.59 Å². The minimum atomic E-state index is -0.0347. The first kappa shape index (κ1) is 16.4. The molecule has 1 saturated heterocycles.